The number of ether oxygens (including phenoxy) is 2. The van der Waals surface area contributed by atoms with Crippen molar-refractivity contribution in [3.05, 3.63) is 96.5 Å². The van der Waals surface area contributed by atoms with Gasteiger partial charge >= 0.3 is 0 Å². The first-order chi connectivity index (χ1) is 18.1. The third kappa shape index (κ3) is 5.42. The van der Waals surface area contributed by atoms with Gasteiger partial charge in [-0.2, -0.15) is 5.01 Å². The molecule has 3 aromatic rings. The topological polar surface area (TPSA) is 123 Å². The number of non-ortho nitro benzene ring substituents is 1. The van der Waals surface area contributed by atoms with Crippen molar-refractivity contribution in [2.24, 2.45) is 5.10 Å². The van der Waals surface area contributed by atoms with E-state index < -0.39 is 16.7 Å². The molecular weight excluding hydrogens is 559 g/mol. The second-order valence-corrected chi connectivity index (χ2v) is 8.97. The number of nitro groups is 1. The number of hydrazone groups is 1. The van der Waals surface area contributed by atoms with Crippen LogP contribution in [0.1, 0.15) is 15.9 Å². The van der Waals surface area contributed by atoms with E-state index in [9.17, 15) is 19.7 Å². The molecule has 10 nitrogen and oxygen atoms in total. The molecule has 0 aromatic heterocycles. The Morgan fingerprint density at radius 2 is 1.71 bits per heavy atom. The Bertz CT molecular complexity index is 1520. The summed E-state index contributed by atoms with van der Waals surface area (Å²) in [7, 11) is 2.95. The van der Waals surface area contributed by atoms with Crippen LogP contribution in [-0.2, 0) is 4.79 Å². The molecule has 0 saturated carbocycles. The van der Waals surface area contributed by atoms with Gasteiger partial charge in [0.05, 0.1) is 34.8 Å². The zero-order valence-corrected chi connectivity index (χ0v) is 22.0. The summed E-state index contributed by atoms with van der Waals surface area (Å²) >= 11 is 18.7. The number of carbonyl (C=O) groups is 2. The van der Waals surface area contributed by atoms with Gasteiger partial charge in [0.2, 0.25) is 0 Å². The lowest BCUT2D eigenvalue weighted by atomic mass is 10.1. The Balaban J connectivity index is 1.79. The number of nitrogens with one attached hydrogen (secondary N) is 1. The lowest BCUT2D eigenvalue weighted by Gasteiger charge is -2.15. The maximum atomic E-state index is 13.5. The highest BCUT2D eigenvalue weighted by Crippen LogP contribution is 2.39. The molecule has 0 unspecified atom stereocenters. The zero-order chi connectivity index (χ0) is 27.6. The fraction of sp³-hybridized carbons (Fsp3) is 0.0800. The van der Waals surface area contributed by atoms with Crippen molar-refractivity contribution >= 4 is 69.9 Å². The molecule has 0 bridgehead atoms. The Morgan fingerprint density at radius 1 is 1.03 bits per heavy atom. The number of anilines is 1. The van der Waals surface area contributed by atoms with Crippen LogP contribution in [0.4, 0.5) is 11.4 Å². The first-order valence-electron chi connectivity index (χ1n) is 10.7. The summed E-state index contributed by atoms with van der Waals surface area (Å²) in [6.07, 6.45) is 1.48. The van der Waals surface area contributed by atoms with E-state index in [1.807, 2.05) is 0 Å². The van der Waals surface area contributed by atoms with Gasteiger partial charge in [0.25, 0.3) is 17.5 Å². The molecule has 1 aliphatic rings. The first-order valence-corrected chi connectivity index (χ1v) is 11.8. The molecule has 1 heterocycles. The Labute approximate surface area is 231 Å². The number of benzene rings is 3. The Morgan fingerprint density at radius 3 is 2.34 bits per heavy atom. The zero-order valence-electron chi connectivity index (χ0n) is 19.7. The van der Waals surface area contributed by atoms with Crippen LogP contribution in [0.2, 0.25) is 15.1 Å². The van der Waals surface area contributed by atoms with Crippen LogP contribution >= 0.6 is 34.8 Å². The van der Waals surface area contributed by atoms with Crippen LogP contribution in [0.15, 0.2) is 65.3 Å². The van der Waals surface area contributed by atoms with Crippen molar-refractivity contribution in [3.63, 3.8) is 0 Å². The molecule has 0 radical (unpaired) electrons. The third-order valence-electron chi connectivity index (χ3n) is 5.34. The van der Waals surface area contributed by atoms with Crippen molar-refractivity contribution in [2.75, 3.05) is 19.2 Å². The van der Waals surface area contributed by atoms with Crippen LogP contribution in [0.25, 0.3) is 6.08 Å². The summed E-state index contributed by atoms with van der Waals surface area (Å²) in [5, 5.41) is 19.3. The fourth-order valence-electron chi connectivity index (χ4n) is 3.58. The van der Waals surface area contributed by atoms with Gasteiger partial charge in [-0.25, -0.2) is 0 Å². The monoisotopic (exact) mass is 574 g/mol. The van der Waals surface area contributed by atoms with Crippen molar-refractivity contribution in [1.82, 2.24) is 5.32 Å². The molecule has 0 aliphatic carbocycles. The van der Waals surface area contributed by atoms with Gasteiger partial charge in [-0.05, 0) is 42.0 Å². The summed E-state index contributed by atoms with van der Waals surface area (Å²) in [6, 6.07) is 12.9. The number of hydrogen-bond donors (Lipinski definition) is 1. The molecule has 3 aromatic carbocycles. The molecule has 194 valence electrons. The van der Waals surface area contributed by atoms with E-state index >= 15 is 0 Å². The van der Waals surface area contributed by atoms with Crippen LogP contribution in [0.5, 0.6) is 11.5 Å². The highest BCUT2D eigenvalue weighted by atomic mass is 35.5. The second kappa shape index (κ2) is 11.1. The number of rotatable bonds is 6. The van der Waals surface area contributed by atoms with Gasteiger partial charge in [0, 0.05) is 22.7 Å². The summed E-state index contributed by atoms with van der Waals surface area (Å²) in [4.78, 5) is 37.1. The molecular formula is C25H17Cl3N4O6. The minimum atomic E-state index is -0.728. The highest BCUT2D eigenvalue weighted by molar-refractivity contribution is 6.44. The van der Waals surface area contributed by atoms with Crippen molar-refractivity contribution in [2.45, 2.75) is 0 Å². The number of carbonyl (C=O) groups excluding carboxylic acids is 2. The largest absolute Gasteiger partial charge is 0.493 e. The first kappa shape index (κ1) is 26.9. The Hall–Kier alpha value is -4.12. The van der Waals surface area contributed by atoms with Gasteiger partial charge in [0.1, 0.15) is 5.69 Å². The number of halogens is 3. The van der Waals surface area contributed by atoms with E-state index in [0.29, 0.717) is 17.1 Å². The van der Waals surface area contributed by atoms with Gasteiger partial charge in [-0.1, -0.05) is 46.9 Å². The smallest absolute Gasteiger partial charge is 0.282 e. The van der Waals surface area contributed by atoms with E-state index in [2.05, 4.69) is 10.4 Å². The summed E-state index contributed by atoms with van der Waals surface area (Å²) in [5.74, 6) is -0.633. The maximum Gasteiger partial charge on any atom is 0.282 e. The van der Waals surface area contributed by atoms with Gasteiger partial charge in [0.15, 0.2) is 17.3 Å². The number of hydrogen-bond acceptors (Lipinski definition) is 7. The number of amides is 2. The predicted molar refractivity (Wildman–Crippen MR) is 144 cm³/mol. The SMILES string of the molecule is COc1ccc(C=C2C(=O)N(c3c(Cl)cc(Cl)cc3Cl)N=C2NC(=O)c2cccc([N+](=O)[O-])c2)cc1OC. The number of nitrogens with zero attached hydrogens (tertiary/aromatic N) is 3. The minimum Gasteiger partial charge on any atom is -0.493 e. The Kier molecular flexibility index (Phi) is 7.86. The van der Waals surface area contributed by atoms with Crippen molar-refractivity contribution in [3.8, 4) is 11.5 Å². The molecule has 0 spiro atoms. The van der Waals surface area contributed by atoms with Crippen molar-refractivity contribution < 1.29 is 24.0 Å². The molecule has 0 atom stereocenters. The van der Waals surface area contributed by atoms with E-state index in [-0.39, 0.29) is 43.4 Å². The van der Waals surface area contributed by atoms with Crippen LogP contribution in [0, 0.1) is 10.1 Å². The summed E-state index contributed by atoms with van der Waals surface area (Å²) in [6.45, 7) is 0. The van der Waals surface area contributed by atoms with Crippen LogP contribution < -0.4 is 19.8 Å². The van der Waals surface area contributed by atoms with Gasteiger partial charge in [-0.15, -0.1) is 5.10 Å². The van der Waals surface area contributed by atoms with E-state index in [1.54, 1.807) is 18.2 Å². The lowest BCUT2D eigenvalue weighted by molar-refractivity contribution is -0.384. The molecule has 0 fully saturated rings. The number of amidine groups is 1. The average Bonchev–Trinajstić information content (AvgIpc) is 3.17. The van der Waals surface area contributed by atoms with Gasteiger partial charge < -0.3 is 14.8 Å². The van der Waals surface area contributed by atoms with E-state index in [1.165, 1.54) is 50.6 Å². The fourth-order valence-corrected chi connectivity index (χ4v) is 4.55. The van der Waals surface area contributed by atoms with Gasteiger partial charge in [-0.3, -0.25) is 19.7 Å². The molecule has 2 amide bonds. The third-order valence-corrected chi connectivity index (χ3v) is 6.14. The quantitative estimate of drug-likeness (QED) is 0.227. The van der Waals surface area contributed by atoms with Crippen LogP contribution in [-0.4, -0.2) is 36.8 Å². The minimum absolute atomic E-state index is 0.0131. The summed E-state index contributed by atoms with van der Waals surface area (Å²) < 4.78 is 10.6. The molecule has 13 heteroatoms. The second-order valence-electron chi connectivity index (χ2n) is 7.72. The van der Waals surface area contributed by atoms with E-state index in [0.717, 1.165) is 11.1 Å². The molecule has 38 heavy (non-hydrogen) atoms. The highest BCUT2D eigenvalue weighted by Gasteiger charge is 2.35. The number of nitro benzene ring substituents is 1. The molecule has 1 N–H and O–H groups in total. The van der Waals surface area contributed by atoms with Crippen LogP contribution in [0.3, 0.4) is 0 Å². The van der Waals surface area contributed by atoms with Crippen molar-refractivity contribution in [1.29, 1.82) is 0 Å². The molecule has 1 aliphatic heterocycles. The number of methoxy groups -OCH3 is 2. The normalized spacial score (nSPS) is 13.9. The standard InChI is InChI=1S/C25H17Cl3N4O6/c1-37-20-7-6-13(9-21(20)38-2)8-17-23(29-24(33)14-4-3-5-16(10-14)32(35)36)30-31(25(17)34)22-18(27)11-15(26)12-19(22)28/h3-12H,1-2H3,(H,29,30,33). The predicted octanol–water partition coefficient (Wildman–Crippen LogP) is 5.75. The summed E-state index contributed by atoms with van der Waals surface area (Å²) in [5.41, 5.74) is 0.280. The average molecular weight is 576 g/mol. The van der Waals surface area contributed by atoms with E-state index in [4.69, 9.17) is 44.3 Å². The maximum absolute atomic E-state index is 13.5. The molecule has 4 rings (SSSR count). The lowest BCUT2D eigenvalue weighted by Crippen LogP contribution is -2.31. The molecule has 0 saturated heterocycles.